The molecule has 0 radical (unpaired) electrons. The van der Waals surface area contributed by atoms with Crippen LogP contribution < -0.4 is 20.1 Å². The van der Waals surface area contributed by atoms with Crippen LogP contribution >= 0.6 is 0 Å². The highest BCUT2D eigenvalue weighted by molar-refractivity contribution is 7.85. The Morgan fingerprint density at radius 2 is 1.05 bits per heavy atom. The fourth-order valence-corrected chi connectivity index (χ4v) is 4.55. The molecule has 8 heteroatoms. The first kappa shape index (κ1) is 30.4. The van der Waals surface area contributed by atoms with Gasteiger partial charge in [0.15, 0.2) is 0 Å². The first-order valence-electron chi connectivity index (χ1n) is 13.2. The molecule has 0 bridgehead atoms. The first-order chi connectivity index (χ1) is 18.8. The molecule has 0 unspecified atom stereocenters. The van der Waals surface area contributed by atoms with E-state index in [2.05, 4.69) is 83.4 Å². The van der Waals surface area contributed by atoms with E-state index in [1.807, 2.05) is 0 Å². The maximum atomic E-state index is 9.19. The molecule has 4 rings (SSSR count). The smallest absolute Gasteiger partial charge is 0.261 e. The monoisotopic (exact) mass is 552 g/mol. The third-order valence-corrected chi connectivity index (χ3v) is 6.40. The summed E-state index contributed by atoms with van der Waals surface area (Å²) >= 11 is 0. The van der Waals surface area contributed by atoms with Gasteiger partial charge in [-0.2, -0.15) is 8.42 Å². The maximum absolute atomic E-state index is 9.19. The number of hydrogen-bond donors (Lipinski definition) is 3. The summed E-state index contributed by atoms with van der Waals surface area (Å²) in [7, 11) is -0.204. The Kier molecular flexibility index (Phi) is 12.0. The van der Waals surface area contributed by atoms with Crippen LogP contribution in [0.3, 0.4) is 0 Å². The Labute approximate surface area is 232 Å². The van der Waals surface area contributed by atoms with E-state index in [4.69, 9.17) is 14.0 Å². The van der Waals surface area contributed by atoms with Gasteiger partial charge in [-0.05, 0) is 82.9 Å². The molecule has 0 fully saturated rings. The summed E-state index contributed by atoms with van der Waals surface area (Å²) in [6.07, 6.45) is 5.60. The Hall–Kier alpha value is -3.17. The van der Waals surface area contributed by atoms with Crippen molar-refractivity contribution in [3.63, 3.8) is 0 Å². The molecule has 0 atom stereocenters. The lowest BCUT2D eigenvalue weighted by molar-refractivity contribution is 0.414. The largest absolute Gasteiger partial charge is 0.497 e. The second-order valence-electron chi connectivity index (χ2n) is 9.52. The molecule has 0 saturated heterocycles. The number of methoxy groups -OCH3 is 2. The topological polar surface area (TPSA) is 96.9 Å². The standard InChI is InChI=1S/C30H36N2O2.CH4O3S/c1-33-27-17-23-11-5-7-13-29(23)25(19-27)21-31-15-9-3-4-10-16-32-22-26-20-28(34-2)18-24-12-6-8-14-30(24)26;1-5(2,3)4/h5-8,11-14,17-20,31-32H,3-4,9-10,15-16,21-22H2,1-2H3;1H3,(H,2,3,4). The summed E-state index contributed by atoms with van der Waals surface area (Å²) in [5.74, 6) is 1.84. The molecular weight excluding hydrogens is 512 g/mol. The lowest BCUT2D eigenvalue weighted by atomic mass is 10.0. The van der Waals surface area contributed by atoms with E-state index < -0.39 is 10.1 Å². The highest BCUT2D eigenvalue weighted by atomic mass is 32.2. The molecule has 0 aromatic heterocycles. The predicted molar refractivity (Wildman–Crippen MR) is 160 cm³/mol. The van der Waals surface area contributed by atoms with Gasteiger partial charge in [0.25, 0.3) is 10.1 Å². The quantitative estimate of drug-likeness (QED) is 0.139. The van der Waals surface area contributed by atoms with Gasteiger partial charge in [0.05, 0.1) is 20.5 Å². The number of unbranched alkanes of at least 4 members (excludes halogenated alkanes) is 3. The minimum absolute atomic E-state index is 0.715. The second-order valence-corrected chi connectivity index (χ2v) is 11.0. The number of ether oxygens (including phenoxy) is 2. The summed E-state index contributed by atoms with van der Waals surface area (Å²) in [5.41, 5.74) is 2.59. The summed E-state index contributed by atoms with van der Waals surface area (Å²) in [6, 6.07) is 25.5. The van der Waals surface area contributed by atoms with E-state index in [1.165, 1.54) is 58.4 Å². The third-order valence-electron chi connectivity index (χ3n) is 6.40. The molecule has 0 heterocycles. The molecule has 0 aliphatic rings. The van der Waals surface area contributed by atoms with Crippen LogP contribution in [-0.4, -0.2) is 46.5 Å². The fourth-order valence-electron chi connectivity index (χ4n) is 4.55. The maximum Gasteiger partial charge on any atom is 0.261 e. The number of hydrogen-bond acceptors (Lipinski definition) is 6. The van der Waals surface area contributed by atoms with Crippen molar-refractivity contribution in [2.75, 3.05) is 33.6 Å². The molecular formula is C31H40N2O5S. The molecule has 0 amide bonds. The van der Waals surface area contributed by atoms with Crippen molar-refractivity contribution in [1.82, 2.24) is 10.6 Å². The van der Waals surface area contributed by atoms with Crippen molar-refractivity contribution < 1.29 is 22.4 Å². The second kappa shape index (κ2) is 15.4. The van der Waals surface area contributed by atoms with Crippen LogP contribution in [0.2, 0.25) is 0 Å². The van der Waals surface area contributed by atoms with Gasteiger partial charge >= 0.3 is 0 Å². The number of fused-ring (bicyclic) bond motifs is 2. The van der Waals surface area contributed by atoms with Crippen LogP contribution in [0.4, 0.5) is 0 Å². The zero-order chi connectivity index (χ0) is 28.1. The minimum atomic E-state index is -3.67. The molecule has 39 heavy (non-hydrogen) atoms. The third kappa shape index (κ3) is 10.5. The van der Waals surface area contributed by atoms with E-state index in [0.29, 0.717) is 6.26 Å². The molecule has 7 nitrogen and oxygen atoms in total. The molecule has 0 aliphatic carbocycles. The van der Waals surface area contributed by atoms with Crippen LogP contribution in [-0.2, 0) is 23.2 Å². The zero-order valence-corrected chi connectivity index (χ0v) is 23.9. The highest BCUT2D eigenvalue weighted by Crippen LogP contribution is 2.26. The summed E-state index contributed by atoms with van der Waals surface area (Å²) in [5, 5.41) is 12.3. The van der Waals surface area contributed by atoms with Crippen molar-refractivity contribution in [1.29, 1.82) is 0 Å². The van der Waals surface area contributed by atoms with Gasteiger partial charge in [0, 0.05) is 13.1 Å². The molecule has 3 N–H and O–H groups in total. The Bertz CT molecular complexity index is 1340. The summed E-state index contributed by atoms with van der Waals surface area (Å²) in [6.45, 7) is 3.81. The Morgan fingerprint density at radius 3 is 1.44 bits per heavy atom. The average Bonchev–Trinajstić information content (AvgIpc) is 2.92. The van der Waals surface area contributed by atoms with Crippen molar-refractivity contribution in [3.8, 4) is 11.5 Å². The lowest BCUT2D eigenvalue weighted by Crippen LogP contribution is -2.16. The molecule has 0 spiro atoms. The van der Waals surface area contributed by atoms with Gasteiger partial charge in [-0.1, -0.05) is 61.4 Å². The highest BCUT2D eigenvalue weighted by Gasteiger charge is 2.05. The van der Waals surface area contributed by atoms with Crippen LogP contribution in [0.25, 0.3) is 21.5 Å². The van der Waals surface area contributed by atoms with Crippen molar-refractivity contribution in [3.05, 3.63) is 83.9 Å². The summed E-state index contributed by atoms with van der Waals surface area (Å²) in [4.78, 5) is 0. The van der Waals surface area contributed by atoms with Gasteiger partial charge in [0.1, 0.15) is 11.5 Å². The predicted octanol–water partition coefficient (Wildman–Crippen LogP) is 5.95. The Balaban J connectivity index is 0.000000771. The fraction of sp³-hybridized carbons (Fsp3) is 0.355. The van der Waals surface area contributed by atoms with Crippen LogP contribution in [0.15, 0.2) is 72.8 Å². The van der Waals surface area contributed by atoms with Crippen molar-refractivity contribution in [2.24, 2.45) is 0 Å². The normalized spacial score (nSPS) is 11.3. The van der Waals surface area contributed by atoms with Gasteiger partial charge < -0.3 is 20.1 Å². The SMILES string of the molecule is COc1cc(CNCCCCCCNCc2cc(OC)cc3ccccc23)c2ccccc2c1.CS(=O)(=O)O. The molecule has 4 aromatic carbocycles. The van der Waals surface area contributed by atoms with Crippen molar-refractivity contribution in [2.45, 2.75) is 38.8 Å². The van der Waals surface area contributed by atoms with Gasteiger partial charge in [0.2, 0.25) is 0 Å². The van der Waals surface area contributed by atoms with Crippen LogP contribution in [0.1, 0.15) is 36.8 Å². The van der Waals surface area contributed by atoms with E-state index >= 15 is 0 Å². The average molecular weight is 553 g/mol. The first-order valence-corrected chi connectivity index (χ1v) is 15.1. The zero-order valence-electron chi connectivity index (χ0n) is 23.1. The molecule has 0 aliphatic heterocycles. The summed E-state index contributed by atoms with van der Waals surface area (Å²) < 4.78 is 36.8. The van der Waals surface area contributed by atoms with Crippen LogP contribution in [0, 0.1) is 0 Å². The molecule has 0 saturated carbocycles. The van der Waals surface area contributed by atoms with Gasteiger partial charge in [-0.25, -0.2) is 0 Å². The minimum Gasteiger partial charge on any atom is -0.497 e. The lowest BCUT2D eigenvalue weighted by Gasteiger charge is -2.11. The van der Waals surface area contributed by atoms with E-state index in [9.17, 15) is 8.42 Å². The molecule has 210 valence electrons. The van der Waals surface area contributed by atoms with E-state index in [-0.39, 0.29) is 0 Å². The van der Waals surface area contributed by atoms with Gasteiger partial charge in [-0.3, -0.25) is 4.55 Å². The van der Waals surface area contributed by atoms with Crippen LogP contribution in [0.5, 0.6) is 11.5 Å². The number of benzene rings is 4. The number of rotatable bonds is 13. The van der Waals surface area contributed by atoms with E-state index in [1.54, 1.807) is 14.2 Å². The Morgan fingerprint density at radius 1 is 0.667 bits per heavy atom. The van der Waals surface area contributed by atoms with Gasteiger partial charge in [-0.15, -0.1) is 0 Å². The van der Waals surface area contributed by atoms with E-state index in [0.717, 1.165) is 37.7 Å². The molecule has 4 aromatic rings. The number of nitrogens with one attached hydrogen (secondary N) is 2. The van der Waals surface area contributed by atoms with Crippen molar-refractivity contribution >= 4 is 31.7 Å².